The van der Waals surface area contributed by atoms with Crippen molar-refractivity contribution < 1.29 is 23.5 Å². The Morgan fingerprint density at radius 1 is 1.08 bits per heavy atom. The highest BCUT2D eigenvalue weighted by Crippen LogP contribution is 2.29. The van der Waals surface area contributed by atoms with Gasteiger partial charge < -0.3 is 14.4 Å². The Labute approximate surface area is 224 Å². The number of nitrogens with zero attached hydrogens (tertiary/aromatic N) is 4. The molecule has 0 radical (unpaired) electrons. The molecule has 5 rings (SSSR count). The number of ether oxygens (including phenoxy) is 2. The Balaban J connectivity index is 1.62. The first-order valence-electron chi connectivity index (χ1n) is 12.5. The van der Waals surface area contributed by atoms with Gasteiger partial charge in [-0.05, 0) is 35.7 Å². The Kier molecular flexibility index (Phi) is 7.27. The van der Waals surface area contributed by atoms with Gasteiger partial charge in [-0.15, -0.1) is 0 Å². The van der Waals surface area contributed by atoms with Crippen molar-refractivity contribution in [2.45, 2.75) is 19.4 Å². The van der Waals surface area contributed by atoms with E-state index in [0.29, 0.717) is 17.8 Å². The lowest BCUT2D eigenvalue weighted by Crippen LogP contribution is -2.29. The van der Waals surface area contributed by atoms with Crippen LogP contribution in [0.3, 0.4) is 0 Å². The van der Waals surface area contributed by atoms with Crippen molar-refractivity contribution in [3.8, 4) is 5.75 Å². The number of hydrogen-bond donors (Lipinski definition) is 0. The largest absolute Gasteiger partial charge is 0.481 e. The van der Waals surface area contributed by atoms with Gasteiger partial charge in [-0.25, -0.2) is 14.2 Å². The molecule has 0 unspecified atom stereocenters. The van der Waals surface area contributed by atoms with Crippen LogP contribution in [0.5, 0.6) is 5.75 Å². The van der Waals surface area contributed by atoms with Crippen molar-refractivity contribution in [1.82, 2.24) is 9.38 Å². The van der Waals surface area contributed by atoms with Crippen molar-refractivity contribution in [1.29, 1.82) is 0 Å². The van der Waals surface area contributed by atoms with E-state index in [0.717, 1.165) is 11.1 Å². The van der Waals surface area contributed by atoms with Crippen molar-refractivity contribution in [2.24, 2.45) is 0 Å². The van der Waals surface area contributed by atoms with E-state index < -0.39 is 17.4 Å². The van der Waals surface area contributed by atoms with E-state index >= 15 is 0 Å². The molecule has 3 heterocycles. The van der Waals surface area contributed by atoms with E-state index in [1.54, 1.807) is 29.3 Å². The molecule has 0 atom stereocenters. The summed E-state index contributed by atoms with van der Waals surface area (Å²) < 4.78 is 25.7. The summed E-state index contributed by atoms with van der Waals surface area (Å²) in [5, 5.41) is 0. The van der Waals surface area contributed by atoms with E-state index in [-0.39, 0.29) is 49.1 Å². The number of Topliss-reactive ketones (excluding diaryl/α,β-unsaturated/α-hetero) is 1. The summed E-state index contributed by atoms with van der Waals surface area (Å²) >= 11 is 0. The van der Waals surface area contributed by atoms with E-state index in [2.05, 4.69) is 4.98 Å². The van der Waals surface area contributed by atoms with Gasteiger partial charge in [-0.2, -0.15) is 0 Å². The number of aryl methyl sites for hydroxylation is 1. The molecule has 2 aromatic carbocycles. The number of carbonyl (C=O) groups excluding carboxylic acids is 2. The van der Waals surface area contributed by atoms with Gasteiger partial charge in [0.15, 0.2) is 17.1 Å². The van der Waals surface area contributed by atoms with Gasteiger partial charge >= 0.3 is 11.7 Å². The fourth-order valence-corrected chi connectivity index (χ4v) is 4.32. The monoisotopic (exact) mass is 530 g/mol. The quantitative estimate of drug-likeness (QED) is 0.299. The molecule has 4 aromatic rings. The molecule has 1 fully saturated rings. The smallest absolute Gasteiger partial charge is 0.414 e. The first kappa shape index (κ1) is 25.9. The SMILES string of the molecule is CN(C)c1cc(N2CCOC2=O)c2nc(C(=O)CCc3ccc(F)cc3)c(OCc3ccccc3)c(=O)n2c1. The average Bonchev–Trinajstić information content (AvgIpc) is 3.37. The van der Waals surface area contributed by atoms with Gasteiger partial charge in [-0.1, -0.05) is 42.5 Å². The van der Waals surface area contributed by atoms with Crippen LogP contribution < -0.4 is 20.1 Å². The van der Waals surface area contributed by atoms with Crippen molar-refractivity contribution in [3.63, 3.8) is 0 Å². The number of pyridine rings is 1. The molecule has 0 aliphatic carbocycles. The highest BCUT2D eigenvalue weighted by atomic mass is 19.1. The Morgan fingerprint density at radius 2 is 1.82 bits per heavy atom. The summed E-state index contributed by atoms with van der Waals surface area (Å²) in [6.45, 7) is 0.533. The first-order valence-corrected chi connectivity index (χ1v) is 12.5. The summed E-state index contributed by atoms with van der Waals surface area (Å²) in [5.41, 5.74) is 2.03. The molecule has 1 saturated heterocycles. The number of fused-ring (bicyclic) bond motifs is 1. The first-order chi connectivity index (χ1) is 18.8. The highest BCUT2D eigenvalue weighted by Gasteiger charge is 2.29. The zero-order chi connectivity index (χ0) is 27.5. The number of anilines is 2. The third kappa shape index (κ3) is 5.45. The number of hydrogen-bond acceptors (Lipinski definition) is 7. The van der Waals surface area contributed by atoms with Crippen LogP contribution in [0.15, 0.2) is 71.7 Å². The molecule has 200 valence electrons. The second-order valence-electron chi connectivity index (χ2n) is 9.36. The minimum absolute atomic E-state index is 0.0206. The molecule has 0 spiro atoms. The molecule has 1 aliphatic heterocycles. The van der Waals surface area contributed by atoms with Crippen LogP contribution in [0, 0.1) is 5.82 Å². The summed E-state index contributed by atoms with van der Waals surface area (Å²) in [7, 11) is 3.62. The van der Waals surface area contributed by atoms with Crippen molar-refractivity contribution in [3.05, 3.63) is 99.9 Å². The topological polar surface area (TPSA) is 93.4 Å². The fourth-order valence-electron chi connectivity index (χ4n) is 4.32. The zero-order valence-corrected chi connectivity index (χ0v) is 21.6. The van der Waals surface area contributed by atoms with Gasteiger partial charge in [0.25, 0.3) is 0 Å². The van der Waals surface area contributed by atoms with Gasteiger partial charge in [0.1, 0.15) is 19.0 Å². The second kappa shape index (κ2) is 10.9. The summed E-state index contributed by atoms with van der Waals surface area (Å²) in [5.74, 6) is -0.948. The second-order valence-corrected chi connectivity index (χ2v) is 9.36. The van der Waals surface area contributed by atoms with Crippen LogP contribution >= 0.6 is 0 Å². The maximum Gasteiger partial charge on any atom is 0.414 e. The predicted molar refractivity (Wildman–Crippen MR) is 144 cm³/mol. The number of amides is 1. The van der Waals surface area contributed by atoms with Crippen LogP contribution in [0.4, 0.5) is 20.6 Å². The molecular weight excluding hydrogens is 503 g/mol. The number of cyclic esters (lactones) is 1. The molecule has 0 bridgehead atoms. The standard InChI is InChI=1S/C29H27FN4O5/c1-32(2)22-16-23(33-14-15-38-29(33)37)27-31-25(24(35)13-10-19-8-11-21(30)12-9-19)26(28(36)34(27)17-22)39-18-20-6-4-3-5-7-20/h3-9,11-12,16-17H,10,13-15,18H2,1-2H3. The Hall–Kier alpha value is -4.73. The minimum atomic E-state index is -0.571. The van der Waals surface area contributed by atoms with Crippen LogP contribution in [-0.4, -0.2) is 48.5 Å². The molecule has 9 nitrogen and oxygen atoms in total. The lowest BCUT2D eigenvalue weighted by Gasteiger charge is -2.21. The Morgan fingerprint density at radius 3 is 2.49 bits per heavy atom. The predicted octanol–water partition coefficient (Wildman–Crippen LogP) is 4.25. The lowest BCUT2D eigenvalue weighted by molar-refractivity contribution is 0.0972. The minimum Gasteiger partial charge on any atom is -0.481 e. The maximum absolute atomic E-state index is 13.9. The molecule has 39 heavy (non-hydrogen) atoms. The van der Waals surface area contributed by atoms with Crippen LogP contribution in [0.1, 0.15) is 28.0 Å². The van der Waals surface area contributed by atoms with Crippen molar-refractivity contribution in [2.75, 3.05) is 37.0 Å². The van der Waals surface area contributed by atoms with E-state index in [9.17, 15) is 18.8 Å². The number of ketones is 1. The van der Waals surface area contributed by atoms with Crippen LogP contribution in [0.25, 0.3) is 5.65 Å². The number of halogens is 1. The van der Waals surface area contributed by atoms with Gasteiger partial charge in [0.05, 0.1) is 17.9 Å². The third-order valence-electron chi connectivity index (χ3n) is 6.46. The molecule has 1 aliphatic rings. The molecule has 1 amide bonds. The number of rotatable bonds is 9. The molecule has 0 saturated carbocycles. The van der Waals surface area contributed by atoms with Crippen LogP contribution in [0.2, 0.25) is 0 Å². The van der Waals surface area contributed by atoms with Gasteiger partial charge in [0, 0.05) is 26.7 Å². The zero-order valence-electron chi connectivity index (χ0n) is 21.6. The van der Waals surface area contributed by atoms with Crippen LogP contribution in [-0.2, 0) is 17.8 Å². The van der Waals surface area contributed by atoms with Gasteiger partial charge in [-0.3, -0.25) is 18.9 Å². The number of benzene rings is 2. The fraction of sp³-hybridized carbons (Fsp3) is 0.241. The summed E-state index contributed by atoms with van der Waals surface area (Å²) in [6.07, 6.45) is 1.38. The van der Waals surface area contributed by atoms with Gasteiger partial charge in [0.2, 0.25) is 5.75 Å². The molecule has 10 heteroatoms. The summed E-state index contributed by atoms with van der Waals surface area (Å²) in [4.78, 5) is 47.6. The van der Waals surface area contributed by atoms with Crippen molar-refractivity contribution >= 4 is 28.9 Å². The maximum atomic E-state index is 13.9. The summed E-state index contributed by atoms with van der Waals surface area (Å²) in [6, 6.07) is 16.9. The number of aromatic nitrogens is 2. The normalized spacial score (nSPS) is 13.0. The average molecular weight is 531 g/mol. The Bertz CT molecular complexity index is 1590. The van der Waals surface area contributed by atoms with E-state index in [1.165, 1.54) is 21.4 Å². The van der Waals surface area contributed by atoms with E-state index in [4.69, 9.17) is 9.47 Å². The molecule has 2 aromatic heterocycles. The van der Waals surface area contributed by atoms with E-state index in [1.807, 2.05) is 44.4 Å². The lowest BCUT2D eigenvalue weighted by atomic mass is 10.1. The number of carbonyl (C=O) groups is 2. The third-order valence-corrected chi connectivity index (χ3v) is 6.46. The highest BCUT2D eigenvalue weighted by molar-refractivity contribution is 5.99. The molecular formula is C29H27FN4O5. The molecule has 0 N–H and O–H groups in total.